The molecule has 0 amide bonds. The first-order chi connectivity index (χ1) is 22.2. The number of anilines is 2. The average molecular weight is 641 g/mol. The highest BCUT2D eigenvalue weighted by Gasteiger charge is 2.38. The lowest BCUT2D eigenvalue weighted by Gasteiger charge is -2.30. The van der Waals surface area contributed by atoms with Gasteiger partial charge in [-0.1, -0.05) is 12.1 Å². The van der Waals surface area contributed by atoms with Crippen molar-refractivity contribution in [3.63, 3.8) is 0 Å². The van der Waals surface area contributed by atoms with E-state index < -0.39 is 29.0 Å². The monoisotopic (exact) mass is 640 g/mol. The van der Waals surface area contributed by atoms with Gasteiger partial charge in [0.05, 0.1) is 32.1 Å². The number of aromatic nitrogens is 6. The predicted molar refractivity (Wildman–Crippen MR) is 161 cm³/mol. The van der Waals surface area contributed by atoms with Crippen LogP contribution in [0.25, 0.3) is 0 Å². The minimum Gasteiger partial charge on any atom is -0.497 e. The molecule has 15 heteroatoms. The molecule has 1 aromatic carbocycles. The molecule has 1 unspecified atom stereocenters. The number of nitrogens with one attached hydrogen (secondary N) is 1. The first-order valence-corrected chi connectivity index (χ1v) is 15.2. The van der Waals surface area contributed by atoms with Crippen LogP contribution in [-0.4, -0.2) is 62.8 Å². The van der Waals surface area contributed by atoms with Gasteiger partial charge >= 0.3 is 6.18 Å². The Kier molecular flexibility index (Phi) is 9.20. The molecular formula is C31H35F3N8O4. The Morgan fingerprint density at radius 2 is 1.74 bits per heavy atom. The number of benzene rings is 1. The summed E-state index contributed by atoms with van der Waals surface area (Å²) in [7, 11) is 1.51. The molecular weight excluding hydrogens is 605 g/mol. The maximum absolute atomic E-state index is 14.0. The third kappa shape index (κ3) is 7.46. The van der Waals surface area contributed by atoms with Gasteiger partial charge in [0.2, 0.25) is 17.7 Å². The highest BCUT2D eigenvalue weighted by Crippen LogP contribution is 2.39. The van der Waals surface area contributed by atoms with E-state index in [0.29, 0.717) is 23.1 Å². The fourth-order valence-corrected chi connectivity index (χ4v) is 5.46. The molecule has 6 rings (SSSR count). The zero-order valence-electron chi connectivity index (χ0n) is 25.5. The number of halogens is 3. The molecule has 4 heterocycles. The normalized spacial score (nSPS) is 16.4. The minimum atomic E-state index is -4.89. The molecule has 0 radical (unpaired) electrons. The Morgan fingerprint density at radius 3 is 2.39 bits per heavy atom. The molecule has 1 aliphatic carbocycles. The summed E-state index contributed by atoms with van der Waals surface area (Å²) in [5.41, 5.74) is -1.18. The first kappa shape index (κ1) is 31.5. The lowest BCUT2D eigenvalue weighted by atomic mass is 9.97. The van der Waals surface area contributed by atoms with Crippen LogP contribution in [0, 0.1) is 0 Å². The summed E-state index contributed by atoms with van der Waals surface area (Å²) in [5.74, 6) is 2.86. The van der Waals surface area contributed by atoms with Crippen molar-refractivity contribution >= 4 is 11.6 Å². The smallest absolute Gasteiger partial charge is 0.423 e. The number of ether oxygens (including phenoxy) is 2. The largest absolute Gasteiger partial charge is 0.497 e. The Bertz CT molecular complexity index is 1670. The zero-order chi connectivity index (χ0) is 32.3. The van der Waals surface area contributed by atoms with Crippen LogP contribution >= 0.6 is 0 Å². The molecule has 1 atom stereocenters. The summed E-state index contributed by atoms with van der Waals surface area (Å²) in [6.45, 7) is 3.06. The highest BCUT2D eigenvalue weighted by molar-refractivity contribution is 5.50. The molecule has 4 aromatic rings. The quantitative estimate of drug-likeness (QED) is 0.230. The second kappa shape index (κ2) is 13.4. The van der Waals surface area contributed by atoms with Crippen molar-refractivity contribution in [1.82, 2.24) is 29.9 Å². The Morgan fingerprint density at radius 1 is 1.02 bits per heavy atom. The van der Waals surface area contributed by atoms with Crippen LogP contribution in [0.1, 0.15) is 72.9 Å². The summed E-state index contributed by atoms with van der Waals surface area (Å²) in [6, 6.07) is 6.04. The van der Waals surface area contributed by atoms with E-state index >= 15 is 0 Å². The van der Waals surface area contributed by atoms with E-state index in [0.717, 1.165) is 42.8 Å². The topological polar surface area (TPSA) is 133 Å². The molecule has 12 nitrogen and oxygen atoms in total. The number of alkyl halides is 3. The molecule has 2 aliphatic rings. The van der Waals surface area contributed by atoms with E-state index in [4.69, 9.17) is 13.9 Å². The number of nitrogens with zero attached hydrogens (tertiary/aromatic N) is 7. The van der Waals surface area contributed by atoms with Crippen molar-refractivity contribution in [2.75, 3.05) is 37.0 Å². The molecule has 244 valence electrons. The molecule has 3 aromatic heterocycles. The SMILES string of the molecule is COc1ccc(Cn2ncc(NC(C)COCc3nnc(C4CCN(c5ncc(C6CC6)cn5)CC4)o3)c(C(F)(F)F)c2=O)cc1. The molecule has 1 aliphatic heterocycles. The van der Waals surface area contributed by atoms with Crippen LogP contribution in [0.5, 0.6) is 5.75 Å². The third-order valence-corrected chi connectivity index (χ3v) is 8.13. The average Bonchev–Trinajstić information content (AvgIpc) is 3.80. The lowest BCUT2D eigenvalue weighted by molar-refractivity contribution is -0.138. The van der Waals surface area contributed by atoms with Gasteiger partial charge in [-0.15, -0.1) is 10.2 Å². The van der Waals surface area contributed by atoms with Crippen LogP contribution in [-0.2, 0) is 24.1 Å². The Hall–Kier alpha value is -4.53. The second-order valence-corrected chi connectivity index (χ2v) is 11.7. The molecule has 46 heavy (non-hydrogen) atoms. The highest BCUT2D eigenvalue weighted by atomic mass is 19.4. The number of hydrogen-bond acceptors (Lipinski definition) is 11. The molecule has 0 bridgehead atoms. The van der Waals surface area contributed by atoms with Gasteiger partial charge in [0.15, 0.2) is 0 Å². The second-order valence-electron chi connectivity index (χ2n) is 11.7. The molecule has 1 N–H and O–H groups in total. The van der Waals surface area contributed by atoms with Crippen LogP contribution in [0.3, 0.4) is 0 Å². The van der Waals surface area contributed by atoms with E-state index in [9.17, 15) is 18.0 Å². The van der Waals surface area contributed by atoms with Crippen LogP contribution in [0.4, 0.5) is 24.8 Å². The third-order valence-electron chi connectivity index (χ3n) is 8.13. The van der Waals surface area contributed by atoms with E-state index in [1.165, 1.54) is 25.5 Å². The summed E-state index contributed by atoms with van der Waals surface area (Å²) in [5, 5.41) is 15.0. The van der Waals surface area contributed by atoms with Gasteiger partial charge in [0.1, 0.15) is 17.9 Å². The van der Waals surface area contributed by atoms with Gasteiger partial charge in [0, 0.05) is 37.4 Å². The molecule has 1 saturated carbocycles. The maximum Gasteiger partial charge on any atom is 0.423 e. The first-order valence-electron chi connectivity index (χ1n) is 15.2. The van der Waals surface area contributed by atoms with Crippen molar-refractivity contribution in [3.8, 4) is 5.75 Å². The van der Waals surface area contributed by atoms with Gasteiger partial charge in [-0.3, -0.25) is 4.79 Å². The summed E-state index contributed by atoms with van der Waals surface area (Å²) >= 11 is 0. The Labute approximate surface area is 263 Å². The Balaban J connectivity index is 0.996. The number of rotatable bonds is 12. The summed E-state index contributed by atoms with van der Waals surface area (Å²) in [6.07, 6.45) is 4.03. The summed E-state index contributed by atoms with van der Waals surface area (Å²) < 4.78 is 59.4. The zero-order valence-corrected chi connectivity index (χ0v) is 25.5. The van der Waals surface area contributed by atoms with E-state index in [-0.39, 0.29) is 31.6 Å². The molecule has 2 fully saturated rings. The number of methoxy groups -OCH3 is 1. The van der Waals surface area contributed by atoms with Crippen molar-refractivity contribution in [2.45, 2.75) is 69.8 Å². The predicted octanol–water partition coefficient (Wildman–Crippen LogP) is 4.77. The fourth-order valence-electron chi connectivity index (χ4n) is 5.46. The molecule has 1 saturated heterocycles. The lowest BCUT2D eigenvalue weighted by Crippen LogP contribution is -2.34. The molecule has 0 spiro atoms. The van der Waals surface area contributed by atoms with E-state index in [2.05, 4.69) is 35.5 Å². The van der Waals surface area contributed by atoms with Crippen LogP contribution in [0.2, 0.25) is 0 Å². The summed E-state index contributed by atoms with van der Waals surface area (Å²) in [4.78, 5) is 24.1. The number of hydrogen-bond donors (Lipinski definition) is 1. The maximum atomic E-state index is 14.0. The van der Waals surface area contributed by atoms with Crippen LogP contribution in [0.15, 0.2) is 52.1 Å². The van der Waals surface area contributed by atoms with Gasteiger partial charge in [-0.2, -0.15) is 18.3 Å². The van der Waals surface area contributed by atoms with Crippen LogP contribution < -0.4 is 20.5 Å². The minimum absolute atomic E-state index is 0.00706. The van der Waals surface area contributed by atoms with Crippen molar-refractivity contribution in [3.05, 3.63) is 81.7 Å². The van der Waals surface area contributed by atoms with Gasteiger partial charge < -0.3 is 24.1 Å². The van der Waals surface area contributed by atoms with Gasteiger partial charge in [-0.05, 0) is 61.8 Å². The van der Waals surface area contributed by atoms with Crippen molar-refractivity contribution in [1.29, 1.82) is 0 Å². The number of piperidine rings is 1. The van der Waals surface area contributed by atoms with Gasteiger partial charge in [-0.25, -0.2) is 14.6 Å². The van der Waals surface area contributed by atoms with Crippen molar-refractivity contribution < 1.29 is 27.1 Å². The van der Waals surface area contributed by atoms with Gasteiger partial charge in [0.25, 0.3) is 5.56 Å². The van der Waals surface area contributed by atoms with E-state index in [1.54, 1.807) is 31.2 Å². The van der Waals surface area contributed by atoms with E-state index in [1.807, 2.05) is 12.4 Å². The standard InChI is InChI=1S/C31H35F3N8O4/c1-19(38-25-15-37-42(29(43)27(25)31(32,33)34)16-20-3-7-24(44-2)8-4-20)17-45-18-26-39-40-28(46-26)22-9-11-41(12-10-22)30-35-13-23(14-36-30)21-5-6-21/h3-4,7-8,13-15,19,21-22,38H,5-6,9-12,16-18H2,1-2H3. The van der Waals surface area contributed by atoms with Crippen molar-refractivity contribution in [2.24, 2.45) is 0 Å². The fraction of sp³-hybridized carbons (Fsp3) is 0.484.